The van der Waals surface area contributed by atoms with Crippen LogP contribution in [0.4, 0.5) is 5.69 Å². The van der Waals surface area contributed by atoms with E-state index in [1.807, 2.05) is 30.3 Å². The van der Waals surface area contributed by atoms with Gasteiger partial charge in [-0.05, 0) is 25.0 Å². The molecular formula is C15H16ClN3O. The van der Waals surface area contributed by atoms with Crippen LogP contribution >= 0.6 is 11.6 Å². The SMILES string of the molecule is O=c1c(Cl)c(NC2CCCC2)cnn1-c1ccccc1. The van der Waals surface area contributed by atoms with Crippen molar-refractivity contribution < 1.29 is 0 Å². The summed E-state index contributed by atoms with van der Waals surface area (Å²) in [6, 6.07) is 9.68. The molecule has 0 unspecified atom stereocenters. The van der Waals surface area contributed by atoms with E-state index in [0.717, 1.165) is 12.8 Å². The molecule has 2 aromatic rings. The third kappa shape index (κ3) is 2.56. The predicted molar refractivity (Wildman–Crippen MR) is 80.7 cm³/mol. The summed E-state index contributed by atoms with van der Waals surface area (Å²) in [7, 11) is 0. The van der Waals surface area contributed by atoms with Gasteiger partial charge in [0, 0.05) is 6.04 Å². The lowest BCUT2D eigenvalue weighted by molar-refractivity contribution is 0.746. The minimum absolute atomic E-state index is 0.204. The molecule has 0 amide bonds. The number of para-hydroxylation sites is 1. The molecule has 1 heterocycles. The van der Waals surface area contributed by atoms with Crippen LogP contribution in [0.15, 0.2) is 41.3 Å². The summed E-state index contributed by atoms with van der Waals surface area (Å²) >= 11 is 6.19. The first-order chi connectivity index (χ1) is 9.75. The van der Waals surface area contributed by atoms with Crippen molar-refractivity contribution in [1.82, 2.24) is 9.78 Å². The van der Waals surface area contributed by atoms with Crippen LogP contribution in [0.1, 0.15) is 25.7 Å². The molecule has 20 heavy (non-hydrogen) atoms. The van der Waals surface area contributed by atoms with Crippen molar-refractivity contribution in [3.8, 4) is 5.69 Å². The number of benzene rings is 1. The van der Waals surface area contributed by atoms with Gasteiger partial charge in [-0.2, -0.15) is 9.78 Å². The first-order valence-corrected chi connectivity index (χ1v) is 7.23. The van der Waals surface area contributed by atoms with Crippen LogP contribution in [-0.4, -0.2) is 15.8 Å². The lowest BCUT2D eigenvalue weighted by Crippen LogP contribution is -2.24. The van der Waals surface area contributed by atoms with E-state index in [9.17, 15) is 4.79 Å². The molecule has 1 aromatic heterocycles. The number of nitrogens with one attached hydrogen (secondary N) is 1. The van der Waals surface area contributed by atoms with Crippen LogP contribution in [-0.2, 0) is 0 Å². The van der Waals surface area contributed by atoms with E-state index < -0.39 is 0 Å². The van der Waals surface area contributed by atoms with Crippen LogP contribution in [0.5, 0.6) is 0 Å². The maximum Gasteiger partial charge on any atom is 0.292 e. The Morgan fingerprint density at radius 3 is 2.60 bits per heavy atom. The Kier molecular flexibility index (Phi) is 3.74. The average molecular weight is 290 g/mol. The smallest absolute Gasteiger partial charge is 0.292 e. The number of nitrogens with zero attached hydrogens (tertiary/aromatic N) is 2. The molecule has 1 fully saturated rings. The molecule has 1 aromatic carbocycles. The number of hydrogen-bond donors (Lipinski definition) is 1. The summed E-state index contributed by atoms with van der Waals surface area (Å²) < 4.78 is 1.32. The van der Waals surface area contributed by atoms with E-state index in [1.54, 1.807) is 6.20 Å². The number of halogens is 1. The summed E-state index contributed by atoms with van der Waals surface area (Å²) in [6.07, 6.45) is 6.33. The van der Waals surface area contributed by atoms with Crippen LogP contribution < -0.4 is 10.9 Å². The molecule has 1 aliphatic carbocycles. The largest absolute Gasteiger partial charge is 0.380 e. The number of anilines is 1. The molecule has 1 saturated carbocycles. The third-order valence-corrected chi connectivity index (χ3v) is 4.00. The highest BCUT2D eigenvalue weighted by Crippen LogP contribution is 2.24. The molecule has 0 bridgehead atoms. The van der Waals surface area contributed by atoms with Gasteiger partial charge in [0.05, 0.1) is 17.6 Å². The van der Waals surface area contributed by atoms with Crippen molar-refractivity contribution in [3.63, 3.8) is 0 Å². The Hall–Kier alpha value is -1.81. The second-order valence-electron chi connectivity index (χ2n) is 5.05. The maximum atomic E-state index is 12.3. The van der Waals surface area contributed by atoms with Crippen molar-refractivity contribution >= 4 is 17.3 Å². The summed E-state index contributed by atoms with van der Waals surface area (Å²) in [5.74, 6) is 0. The number of aromatic nitrogens is 2. The highest BCUT2D eigenvalue weighted by atomic mass is 35.5. The quantitative estimate of drug-likeness (QED) is 0.943. The monoisotopic (exact) mass is 289 g/mol. The van der Waals surface area contributed by atoms with E-state index in [1.165, 1.54) is 17.5 Å². The zero-order chi connectivity index (χ0) is 13.9. The van der Waals surface area contributed by atoms with E-state index in [-0.39, 0.29) is 10.6 Å². The molecule has 3 rings (SSSR count). The molecule has 0 aliphatic heterocycles. The fourth-order valence-electron chi connectivity index (χ4n) is 2.58. The van der Waals surface area contributed by atoms with Crippen LogP contribution in [0.25, 0.3) is 5.69 Å². The van der Waals surface area contributed by atoms with Gasteiger partial charge in [0.25, 0.3) is 5.56 Å². The van der Waals surface area contributed by atoms with Crippen molar-refractivity contribution in [2.24, 2.45) is 0 Å². The summed E-state index contributed by atoms with van der Waals surface area (Å²) in [5, 5.41) is 7.73. The maximum absolute atomic E-state index is 12.3. The van der Waals surface area contributed by atoms with Gasteiger partial charge >= 0.3 is 0 Å². The van der Waals surface area contributed by atoms with Crippen LogP contribution in [0.3, 0.4) is 0 Å². The molecule has 0 spiro atoms. The summed E-state index contributed by atoms with van der Waals surface area (Å²) in [5.41, 5.74) is 1.06. The fourth-order valence-corrected chi connectivity index (χ4v) is 2.76. The van der Waals surface area contributed by atoms with Crippen LogP contribution in [0.2, 0.25) is 5.02 Å². The Bertz CT molecular complexity index is 648. The standard InChI is InChI=1S/C15H16ClN3O/c16-14-13(18-11-6-4-5-7-11)10-17-19(15(14)20)12-8-2-1-3-9-12/h1-3,8-11,18H,4-7H2. The first-order valence-electron chi connectivity index (χ1n) is 6.85. The van der Waals surface area contributed by atoms with E-state index in [2.05, 4.69) is 10.4 Å². The molecule has 104 valence electrons. The minimum atomic E-state index is -0.291. The summed E-state index contributed by atoms with van der Waals surface area (Å²) in [4.78, 5) is 12.3. The molecule has 0 saturated heterocycles. The molecule has 4 nitrogen and oxygen atoms in total. The molecular weight excluding hydrogens is 274 g/mol. The minimum Gasteiger partial charge on any atom is -0.380 e. The molecule has 1 aliphatic rings. The molecule has 1 N–H and O–H groups in total. The van der Waals surface area contributed by atoms with Crippen LogP contribution in [0, 0.1) is 0 Å². The zero-order valence-electron chi connectivity index (χ0n) is 11.1. The Labute approximate surface area is 122 Å². The van der Waals surface area contributed by atoms with Gasteiger partial charge in [-0.15, -0.1) is 0 Å². The lowest BCUT2D eigenvalue weighted by atomic mass is 10.2. The molecule has 5 heteroatoms. The second-order valence-corrected chi connectivity index (χ2v) is 5.43. The number of hydrogen-bond acceptors (Lipinski definition) is 3. The Morgan fingerprint density at radius 1 is 1.20 bits per heavy atom. The van der Waals surface area contributed by atoms with Crippen molar-refractivity contribution in [2.75, 3.05) is 5.32 Å². The average Bonchev–Trinajstić information content (AvgIpc) is 2.98. The fraction of sp³-hybridized carbons (Fsp3) is 0.333. The lowest BCUT2D eigenvalue weighted by Gasteiger charge is -2.15. The van der Waals surface area contributed by atoms with Gasteiger partial charge in [0.15, 0.2) is 0 Å². The first kappa shape index (κ1) is 13.2. The van der Waals surface area contributed by atoms with Gasteiger partial charge < -0.3 is 5.32 Å². The zero-order valence-corrected chi connectivity index (χ0v) is 11.8. The topological polar surface area (TPSA) is 46.9 Å². The molecule has 0 atom stereocenters. The van der Waals surface area contributed by atoms with E-state index in [0.29, 0.717) is 17.4 Å². The Balaban J connectivity index is 1.93. The van der Waals surface area contributed by atoms with Crippen molar-refractivity contribution in [3.05, 3.63) is 51.9 Å². The van der Waals surface area contributed by atoms with Crippen molar-refractivity contribution in [1.29, 1.82) is 0 Å². The van der Waals surface area contributed by atoms with Gasteiger partial charge in [-0.1, -0.05) is 42.6 Å². The third-order valence-electron chi connectivity index (χ3n) is 3.63. The predicted octanol–water partition coefficient (Wildman–Crippen LogP) is 3.24. The van der Waals surface area contributed by atoms with Gasteiger partial charge in [-0.3, -0.25) is 4.79 Å². The molecule has 0 radical (unpaired) electrons. The van der Waals surface area contributed by atoms with E-state index in [4.69, 9.17) is 11.6 Å². The normalized spacial score (nSPS) is 15.4. The van der Waals surface area contributed by atoms with Gasteiger partial charge in [0.2, 0.25) is 0 Å². The van der Waals surface area contributed by atoms with Gasteiger partial charge in [0.1, 0.15) is 5.02 Å². The van der Waals surface area contributed by atoms with E-state index >= 15 is 0 Å². The number of rotatable bonds is 3. The van der Waals surface area contributed by atoms with Crippen molar-refractivity contribution in [2.45, 2.75) is 31.7 Å². The highest BCUT2D eigenvalue weighted by Gasteiger charge is 2.17. The highest BCUT2D eigenvalue weighted by molar-refractivity contribution is 6.32. The van der Waals surface area contributed by atoms with Gasteiger partial charge in [-0.25, -0.2) is 0 Å². The Morgan fingerprint density at radius 2 is 1.90 bits per heavy atom. The second kappa shape index (κ2) is 5.67. The summed E-state index contributed by atoms with van der Waals surface area (Å²) in [6.45, 7) is 0.